The van der Waals surface area contributed by atoms with Crippen LogP contribution in [0.3, 0.4) is 0 Å². The summed E-state index contributed by atoms with van der Waals surface area (Å²) in [5.74, 6) is -3.27. The average molecular weight is 493 g/mol. The molecule has 2 heterocycles. The lowest BCUT2D eigenvalue weighted by Crippen LogP contribution is -2.63. The van der Waals surface area contributed by atoms with Gasteiger partial charge in [-0.2, -0.15) is 3.89 Å². The summed E-state index contributed by atoms with van der Waals surface area (Å²) in [6, 6.07) is 0.450. The molecule has 174 valence electrons. The normalized spacial score (nSPS) is 36.5. The van der Waals surface area contributed by atoms with Gasteiger partial charge < -0.3 is 20.5 Å². The lowest BCUT2D eigenvalue weighted by Gasteiger charge is -2.56. The lowest BCUT2D eigenvalue weighted by molar-refractivity contribution is -0.117. The molecule has 2 aliphatic heterocycles. The van der Waals surface area contributed by atoms with Crippen molar-refractivity contribution in [1.29, 1.82) is 0 Å². The number of ether oxygens (including phenoxy) is 1. The van der Waals surface area contributed by atoms with E-state index in [1.54, 1.807) is 0 Å². The Hall–Kier alpha value is -2.17. The number of aliphatic hydroxyl groups is 1. The molecule has 1 aromatic carbocycles. The van der Waals surface area contributed by atoms with E-state index in [0.717, 1.165) is 12.3 Å². The minimum absolute atomic E-state index is 0.0405. The zero-order valence-corrected chi connectivity index (χ0v) is 18.6. The van der Waals surface area contributed by atoms with Gasteiger partial charge >= 0.3 is 0 Å². The number of hydrogen-bond donors (Lipinski definition) is 3. The predicted molar refractivity (Wildman–Crippen MR) is 115 cm³/mol. The molecular weight excluding hydrogens is 472 g/mol. The lowest BCUT2D eigenvalue weighted by atomic mass is 9.85. The third-order valence-electron chi connectivity index (χ3n) is 5.90. The van der Waals surface area contributed by atoms with Gasteiger partial charge in [0.25, 0.3) is 0 Å². The van der Waals surface area contributed by atoms with Crippen LogP contribution in [0.15, 0.2) is 48.0 Å². The number of alkyl halides is 1. The minimum Gasteiger partial charge on any atom is -0.494 e. The van der Waals surface area contributed by atoms with Crippen LogP contribution in [0, 0.1) is 11.7 Å². The number of amides is 1. The van der Waals surface area contributed by atoms with E-state index in [2.05, 4.69) is 10.6 Å². The van der Waals surface area contributed by atoms with Crippen LogP contribution in [-0.2, 0) is 4.79 Å². The third-order valence-corrected chi connectivity index (χ3v) is 8.58. The van der Waals surface area contributed by atoms with Gasteiger partial charge in [0, 0.05) is 17.4 Å². The Bertz CT molecular complexity index is 1060. The number of hydrogen-bond acceptors (Lipinski definition) is 4. The summed E-state index contributed by atoms with van der Waals surface area (Å²) in [4.78, 5) is 11.7. The highest BCUT2D eigenvalue weighted by Gasteiger charge is 2.64. The van der Waals surface area contributed by atoms with Crippen molar-refractivity contribution in [1.82, 2.24) is 10.6 Å². The first-order valence-corrected chi connectivity index (χ1v) is 12.2. The maximum absolute atomic E-state index is 14.9. The minimum atomic E-state index is -3.23. The van der Waals surface area contributed by atoms with Gasteiger partial charge in [0.2, 0.25) is 5.91 Å². The zero-order chi connectivity index (χ0) is 23.4. The Kier molecular flexibility index (Phi) is 5.75. The number of carbonyl (C=O) groups excluding carboxylic acids is 1. The Morgan fingerprint density at radius 3 is 2.75 bits per heavy atom. The number of benzene rings is 1. The second-order valence-corrected chi connectivity index (χ2v) is 11.3. The molecule has 1 aliphatic carbocycles. The fraction of sp³-hybridized carbons (Fsp3) is 0.381. The highest BCUT2D eigenvalue weighted by atomic mass is 35.5. The summed E-state index contributed by atoms with van der Waals surface area (Å²) >= 11 is 6.19. The van der Waals surface area contributed by atoms with Crippen molar-refractivity contribution in [3.05, 3.63) is 64.4 Å². The quantitative estimate of drug-likeness (QED) is 0.545. The van der Waals surface area contributed by atoms with Crippen LogP contribution >= 0.6 is 22.0 Å². The second-order valence-electron chi connectivity index (χ2n) is 8.13. The molecule has 3 N–H and O–H groups in total. The highest BCUT2D eigenvalue weighted by molar-refractivity contribution is 8.30. The molecule has 32 heavy (non-hydrogen) atoms. The Labute approximate surface area is 188 Å². The van der Waals surface area contributed by atoms with E-state index in [9.17, 15) is 27.0 Å². The maximum Gasteiger partial charge on any atom is 0.244 e. The van der Waals surface area contributed by atoms with Crippen LogP contribution in [0.25, 0.3) is 0 Å². The molecular formula is C21H21ClF4N2O3S. The molecule has 0 bridgehead atoms. The molecule has 5 nitrogen and oxygen atoms in total. The number of allylic oxidation sites excluding steroid dienone is 2. The van der Waals surface area contributed by atoms with Crippen molar-refractivity contribution >= 4 is 27.9 Å². The molecule has 4 rings (SSSR count). The fourth-order valence-corrected chi connectivity index (χ4v) is 6.76. The Morgan fingerprint density at radius 2 is 2.12 bits per heavy atom. The summed E-state index contributed by atoms with van der Waals surface area (Å²) in [6.45, 7) is 0. The number of methoxy groups -OCH3 is 1. The topological polar surface area (TPSA) is 70.6 Å². The van der Waals surface area contributed by atoms with E-state index in [0.29, 0.717) is 0 Å². The van der Waals surface area contributed by atoms with Crippen molar-refractivity contribution in [2.75, 3.05) is 19.1 Å². The summed E-state index contributed by atoms with van der Waals surface area (Å²) in [5.41, 5.74) is -4.36. The summed E-state index contributed by atoms with van der Waals surface area (Å²) in [7, 11) is -1.99. The van der Waals surface area contributed by atoms with Gasteiger partial charge in [0.15, 0.2) is 17.1 Å². The first-order chi connectivity index (χ1) is 15.0. The van der Waals surface area contributed by atoms with E-state index in [4.69, 9.17) is 16.3 Å². The van der Waals surface area contributed by atoms with Crippen molar-refractivity contribution in [2.45, 2.75) is 23.2 Å². The summed E-state index contributed by atoms with van der Waals surface area (Å²) in [6.07, 6.45) is 6.23. The molecule has 3 aliphatic rings. The molecule has 0 aromatic heterocycles. The molecule has 0 radical (unpaired) electrons. The monoisotopic (exact) mass is 492 g/mol. The third kappa shape index (κ3) is 3.68. The highest BCUT2D eigenvalue weighted by Crippen LogP contribution is 2.69. The summed E-state index contributed by atoms with van der Waals surface area (Å²) < 4.78 is 63.2. The van der Waals surface area contributed by atoms with E-state index >= 15 is 0 Å². The van der Waals surface area contributed by atoms with Gasteiger partial charge in [-0.3, -0.25) is 4.79 Å². The Morgan fingerprint density at radius 1 is 1.41 bits per heavy atom. The van der Waals surface area contributed by atoms with Crippen molar-refractivity contribution in [3.8, 4) is 5.75 Å². The van der Waals surface area contributed by atoms with Crippen molar-refractivity contribution < 1.29 is 31.7 Å². The molecule has 0 spiro atoms. The van der Waals surface area contributed by atoms with Gasteiger partial charge in [-0.1, -0.05) is 34.2 Å². The fourth-order valence-electron chi connectivity index (χ4n) is 4.35. The predicted octanol–water partition coefficient (Wildman–Crippen LogP) is 3.90. The second kappa shape index (κ2) is 8.00. The SMILES string of the molecule is COc1ccc(C(NC2=CC(F)=CC3NC(=O)C=CC23)C2(O)CS(C)(F)C2F)c(Cl)c1F. The number of carbonyl (C=O) groups is 1. The van der Waals surface area contributed by atoms with E-state index in [-0.39, 0.29) is 17.0 Å². The van der Waals surface area contributed by atoms with E-state index in [1.807, 2.05) is 0 Å². The van der Waals surface area contributed by atoms with Crippen molar-refractivity contribution in [3.63, 3.8) is 0 Å². The Balaban J connectivity index is 1.78. The number of nitrogens with one attached hydrogen (secondary N) is 2. The van der Waals surface area contributed by atoms with Crippen LogP contribution in [0.5, 0.6) is 5.75 Å². The number of rotatable bonds is 5. The van der Waals surface area contributed by atoms with E-state index < -0.39 is 67.8 Å². The zero-order valence-electron chi connectivity index (χ0n) is 17.0. The van der Waals surface area contributed by atoms with Gasteiger partial charge in [0.1, 0.15) is 11.4 Å². The number of fused-ring (bicyclic) bond motifs is 1. The standard InChI is InChI=1S/C21H21ClF4N2O3S/c1-31-15-5-3-12(17(22)18(15)24)19(21(30)9-32(2,26)20(21)25)28-14-8-10(23)7-13-11(14)4-6-16(29)27-13/h3-8,11,13,19-20,28,30H,9H2,1-2H3,(H,27,29). The van der Waals surface area contributed by atoms with Gasteiger partial charge in [-0.15, -0.1) is 0 Å². The molecule has 1 aromatic rings. The molecule has 11 heteroatoms. The van der Waals surface area contributed by atoms with Gasteiger partial charge in [0.05, 0.1) is 24.2 Å². The van der Waals surface area contributed by atoms with Crippen molar-refractivity contribution in [2.24, 2.45) is 5.92 Å². The van der Waals surface area contributed by atoms with E-state index in [1.165, 1.54) is 37.5 Å². The largest absolute Gasteiger partial charge is 0.494 e. The molecule has 1 saturated heterocycles. The van der Waals surface area contributed by atoms with Gasteiger partial charge in [-0.25, -0.2) is 13.2 Å². The molecule has 6 atom stereocenters. The van der Waals surface area contributed by atoms with Crippen LogP contribution in [0.2, 0.25) is 5.02 Å². The smallest absolute Gasteiger partial charge is 0.244 e. The first kappa shape index (κ1) is 23.0. The van der Waals surface area contributed by atoms with Crippen LogP contribution in [0.1, 0.15) is 11.6 Å². The summed E-state index contributed by atoms with van der Waals surface area (Å²) in [5, 5.41) is 16.1. The first-order valence-electron chi connectivity index (χ1n) is 9.65. The van der Waals surface area contributed by atoms with Crippen LogP contribution < -0.4 is 15.4 Å². The van der Waals surface area contributed by atoms with Crippen LogP contribution in [-0.4, -0.2) is 47.3 Å². The average Bonchev–Trinajstić information content (AvgIpc) is 2.73. The van der Waals surface area contributed by atoms with Gasteiger partial charge in [-0.05, 0) is 36.1 Å². The maximum atomic E-state index is 14.9. The molecule has 1 amide bonds. The molecule has 6 unspecified atom stereocenters. The molecule has 1 fully saturated rings. The molecule has 0 saturated carbocycles. The number of halogens is 5. The van der Waals surface area contributed by atoms with Crippen LogP contribution in [0.4, 0.5) is 17.1 Å².